The molecule has 336 valence electrons. The Morgan fingerprint density at radius 2 is 1.05 bits per heavy atom. The summed E-state index contributed by atoms with van der Waals surface area (Å²) in [6.45, 7) is -2.26. The Balaban J connectivity index is 0.000000223. The van der Waals surface area contributed by atoms with Gasteiger partial charge in [0.15, 0.2) is 5.60 Å². The van der Waals surface area contributed by atoms with Gasteiger partial charge in [0.2, 0.25) is 15.6 Å². The van der Waals surface area contributed by atoms with Gasteiger partial charge in [-0.3, -0.25) is 20.2 Å². The second-order valence-corrected chi connectivity index (χ2v) is 17.1. The number of nitrogens with two attached hydrogens (primary N) is 1. The van der Waals surface area contributed by atoms with Gasteiger partial charge in [-0.2, -0.15) is 26.3 Å². The van der Waals surface area contributed by atoms with Crippen LogP contribution in [0.2, 0.25) is 0 Å². The van der Waals surface area contributed by atoms with Gasteiger partial charge < -0.3 is 25.1 Å². The lowest BCUT2D eigenvalue weighted by molar-refractivity contribution is -0.384. The first kappa shape index (κ1) is 47.3. The lowest BCUT2D eigenvalue weighted by Gasteiger charge is -2.30. The molecule has 0 spiro atoms. The monoisotopic (exact) mass is 976 g/mol. The summed E-state index contributed by atoms with van der Waals surface area (Å²) in [6.07, 6.45) is -8.11. The highest BCUT2D eigenvalue weighted by Gasteiger charge is 2.57. The molecule has 64 heavy (non-hydrogen) atoms. The fraction of sp³-hybridized carbons (Fsp3) is 0.190. The van der Waals surface area contributed by atoms with Crippen LogP contribution in [0.25, 0.3) is 21.8 Å². The number of fused-ring (bicyclic) bond motifs is 2. The van der Waals surface area contributed by atoms with Crippen molar-refractivity contribution >= 4 is 59.1 Å². The van der Waals surface area contributed by atoms with Gasteiger partial charge in [0, 0.05) is 82.7 Å². The average molecular weight is 978 g/mol. The zero-order valence-corrected chi connectivity index (χ0v) is 35.2. The second kappa shape index (κ2) is 18.1. The molecule has 7 aromatic rings. The van der Waals surface area contributed by atoms with Gasteiger partial charge in [-0.1, -0.05) is 76.6 Å². The molecule has 0 aliphatic carbocycles. The van der Waals surface area contributed by atoms with E-state index in [-0.39, 0.29) is 51.2 Å². The van der Waals surface area contributed by atoms with Crippen LogP contribution in [0.5, 0.6) is 0 Å². The van der Waals surface area contributed by atoms with E-state index < -0.39 is 67.6 Å². The lowest BCUT2D eigenvalue weighted by Crippen LogP contribution is -2.51. The van der Waals surface area contributed by atoms with Gasteiger partial charge in [0.1, 0.15) is 0 Å². The van der Waals surface area contributed by atoms with Crippen LogP contribution in [0.1, 0.15) is 22.3 Å². The van der Waals surface area contributed by atoms with Crippen molar-refractivity contribution < 1.29 is 54.8 Å². The molecule has 2 aromatic heterocycles. The molecule has 0 saturated heterocycles. The number of halogens is 7. The number of aliphatic hydroxyl groups is 2. The first-order chi connectivity index (χ1) is 30.0. The van der Waals surface area contributed by atoms with Crippen molar-refractivity contribution in [3.63, 3.8) is 0 Å². The van der Waals surface area contributed by atoms with E-state index in [1.807, 2.05) is 4.72 Å². The van der Waals surface area contributed by atoms with E-state index in [1.165, 1.54) is 45.5 Å². The molecule has 7 rings (SSSR count). The molecule has 5 N–H and O–H groups in total. The molecular formula is C42H35BrF6N6O8S. The van der Waals surface area contributed by atoms with Gasteiger partial charge in [0.05, 0.1) is 32.3 Å². The lowest BCUT2D eigenvalue weighted by atomic mass is 9.92. The summed E-state index contributed by atoms with van der Waals surface area (Å²) in [4.78, 5) is 20.8. The molecule has 0 aliphatic heterocycles. The minimum Gasteiger partial charge on any atom is -0.375 e. The van der Waals surface area contributed by atoms with Crippen molar-refractivity contribution in [1.29, 1.82) is 0 Å². The highest BCUT2D eigenvalue weighted by molar-refractivity contribution is 9.10. The van der Waals surface area contributed by atoms with Crippen LogP contribution >= 0.6 is 15.9 Å². The van der Waals surface area contributed by atoms with E-state index in [4.69, 9.17) is 5.73 Å². The molecule has 14 nitrogen and oxygen atoms in total. The molecule has 0 saturated carbocycles. The number of benzene rings is 5. The highest BCUT2D eigenvalue weighted by atomic mass is 79.9. The third kappa shape index (κ3) is 9.66. The topological polar surface area (TPSA) is 209 Å². The van der Waals surface area contributed by atoms with Crippen molar-refractivity contribution in [2.45, 2.75) is 41.5 Å². The summed E-state index contributed by atoms with van der Waals surface area (Å²) in [5, 5.41) is 43.7. The molecule has 0 radical (unpaired) electrons. The Morgan fingerprint density at radius 3 is 1.42 bits per heavy atom. The van der Waals surface area contributed by atoms with Crippen LogP contribution in [0.4, 0.5) is 37.7 Å². The third-order valence-electron chi connectivity index (χ3n) is 10.3. The normalized spacial score (nSPS) is 14.1. The highest BCUT2D eigenvalue weighted by Crippen LogP contribution is 2.44. The zero-order valence-electron chi connectivity index (χ0n) is 32.8. The summed E-state index contributed by atoms with van der Waals surface area (Å²) < 4.78 is 114. The Kier molecular flexibility index (Phi) is 13.4. The van der Waals surface area contributed by atoms with Crippen LogP contribution in [0.3, 0.4) is 0 Å². The Morgan fingerprint density at radius 1 is 0.641 bits per heavy atom. The summed E-state index contributed by atoms with van der Waals surface area (Å²) in [5.74, 6) is 0. The number of non-ortho nitro benzene ring substituents is 2. The number of aromatic nitrogens is 2. The average Bonchev–Trinajstić information content (AvgIpc) is 3.80. The number of alkyl halides is 6. The molecule has 2 atom stereocenters. The minimum absolute atomic E-state index is 0.0526. The van der Waals surface area contributed by atoms with Gasteiger partial charge in [-0.05, 0) is 47.5 Å². The molecular weight excluding hydrogens is 942 g/mol. The second-order valence-electron chi connectivity index (χ2n) is 14.4. The maximum atomic E-state index is 14.4. The number of sulfonamides is 1. The first-order valence-corrected chi connectivity index (χ1v) is 20.9. The van der Waals surface area contributed by atoms with E-state index in [0.29, 0.717) is 10.0 Å². The van der Waals surface area contributed by atoms with Gasteiger partial charge in [-0.25, -0.2) is 13.1 Å². The largest absolute Gasteiger partial charge is 0.422 e. The molecule has 2 unspecified atom stereocenters. The van der Waals surface area contributed by atoms with Gasteiger partial charge in [-0.15, -0.1) is 0 Å². The molecule has 2 heterocycles. The molecule has 0 bridgehead atoms. The number of hydrogen-bond acceptors (Lipinski definition) is 9. The van der Waals surface area contributed by atoms with E-state index >= 15 is 0 Å². The zero-order chi connectivity index (χ0) is 46.8. The van der Waals surface area contributed by atoms with E-state index in [1.54, 1.807) is 60.7 Å². The van der Waals surface area contributed by atoms with Gasteiger partial charge >= 0.3 is 12.4 Å². The van der Waals surface area contributed by atoms with Crippen molar-refractivity contribution in [2.24, 2.45) is 5.73 Å². The van der Waals surface area contributed by atoms with Crippen molar-refractivity contribution in [2.75, 3.05) is 13.1 Å². The van der Waals surface area contributed by atoms with E-state index in [2.05, 4.69) is 15.9 Å². The van der Waals surface area contributed by atoms with Crippen LogP contribution in [0, 0.1) is 20.2 Å². The number of hydrogen-bond donors (Lipinski definition) is 4. The molecule has 0 fully saturated rings. The molecule has 5 aromatic carbocycles. The SMILES string of the molecule is NCC(O)(c1cn(Cc2ccccc2)c2cc([N+](=O)[O-])ccc12)C(F)(F)F.O=[N+]([O-])c1ccc2c(C(O)(CNS(=O)(=O)c3ccc(Br)cc3)C(F)(F)F)cn(Cc3ccccc3)c2c1. The van der Waals surface area contributed by atoms with Crippen LogP contribution in [-0.2, 0) is 34.3 Å². The van der Waals surface area contributed by atoms with Crippen molar-refractivity contribution in [3.8, 4) is 0 Å². The van der Waals surface area contributed by atoms with Gasteiger partial charge in [0.25, 0.3) is 11.4 Å². The van der Waals surface area contributed by atoms with Crippen LogP contribution in [-0.4, -0.2) is 63.1 Å². The maximum Gasteiger partial charge on any atom is 0.422 e. The van der Waals surface area contributed by atoms with E-state index in [9.17, 15) is 65.2 Å². The fourth-order valence-electron chi connectivity index (χ4n) is 6.89. The summed E-state index contributed by atoms with van der Waals surface area (Å²) in [5.41, 5.74) is -1.55. The Labute approximate surface area is 367 Å². The number of nitrogens with zero attached hydrogens (tertiary/aromatic N) is 4. The van der Waals surface area contributed by atoms with E-state index in [0.717, 1.165) is 42.2 Å². The van der Waals surface area contributed by atoms with Crippen LogP contribution < -0.4 is 10.5 Å². The van der Waals surface area contributed by atoms with Crippen molar-refractivity contribution in [1.82, 2.24) is 13.9 Å². The maximum absolute atomic E-state index is 14.4. The fourth-order valence-corrected chi connectivity index (χ4v) is 8.22. The van der Waals surface area contributed by atoms with Crippen molar-refractivity contribution in [3.05, 3.63) is 181 Å². The quantitative estimate of drug-likeness (QED) is 0.0496. The number of nitrogens with one attached hydrogen (secondary N) is 1. The molecule has 22 heteroatoms. The predicted molar refractivity (Wildman–Crippen MR) is 227 cm³/mol. The standard InChI is InChI=1S/C24H19BrF3N3O5S.C18H16F3N3O3/c25-17-6-9-19(10-7-17)37(35,36)29-15-23(32,24(26,27)28)21-14-30(13-16-4-2-1-3-5-16)22-12-18(31(33)34)8-11-20(21)22;19-18(20,21)17(25,11-22)15-10-23(9-12-4-2-1-3-5-12)16-8-13(24(26)27)6-7-14(15)16/h1-12,14,29,32H,13,15H2;1-8,10,25H,9,11,22H2. The minimum atomic E-state index is -5.30. The summed E-state index contributed by atoms with van der Waals surface area (Å²) >= 11 is 3.15. The molecule has 0 amide bonds. The number of nitro groups is 2. The number of nitro benzene ring substituents is 2. The smallest absolute Gasteiger partial charge is 0.375 e. The third-order valence-corrected chi connectivity index (χ3v) is 12.3. The Hall–Kier alpha value is -6.17. The molecule has 0 aliphatic rings. The predicted octanol–water partition coefficient (Wildman–Crippen LogP) is 8.40. The summed E-state index contributed by atoms with van der Waals surface area (Å²) in [7, 11) is -4.42. The summed E-state index contributed by atoms with van der Waals surface area (Å²) in [6, 6.07) is 29.6. The first-order valence-electron chi connectivity index (χ1n) is 18.7. The number of rotatable bonds is 13. The van der Waals surface area contributed by atoms with Crippen LogP contribution in [0.15, 0.2) is 143 Å². The Bertz CT molecular complexity index is 2930.